The Morgan fingerprint density at radius 3 is 2.41 bits per heavy atom. The van der Waals surface area contributed by atoms with Crippen LogP contribution in [0.1, 0.15) is 38.5 Å². The van der Waals surface area contributed by atoms with E-state index in [0.717, 1.165) is 48.0 Å². The van der Waals surface area contributed by atoms with Crippen molar-refractivity contribution in [2.75, 3.05) is 0 Å². The van der Waals surface area contributed by atoms with Crippen molar-refractivity contribution in [3.63, 3.8) is 0 Å². The van der Waals surface area contributed by atoms with Crippen LogP contribution in [-0.4, -0.2) is 20.8 Å². The van der Waals surface area contributed by atoms with Crippen LogP contribution in [0.3, 0.4) is 0 Å². The van der Waals surface area contributed by atoms with E-state index in [1.807, 2.05) is 24.3 Å². The zero-order chi connectivity index (χ0) is 14.7. The number of fused-ring (bicyclic) bond motifs is 1. The van der Waals surface area contributed by atoms with Crippen LogP contribution < -0.4 is 0 Å². The summed E-state index contributed by atoms with van der Waals surface area (Å²) < 4.78 is 1.80. The van der Waals surface area contributed by atoms with Gasteiger partial charge in [-0.15, -0.1) is 5.10 Å². The fourth-order valence-electron chi connectivity index (χ4n) is 5.79. The van der Waals surface area contributed by atoms with E-state index in [0.29, 0.717) is 12.3 Å². The summed E-state index contributed by atoms with van der Waals surface area (Å²) in [5, 5.41) is 8.39. The van der Waals surface area contributed by atoms with Gasteiger partial charge in [0.15, 0.2) is 5.78 Å². The summed E-state index contributed by atoms with van der Waals surface area (Å²) >= 11 is 0. The topological polar surface area (TPSA) is 47.8 Å². The Labute approximate surface area is 129 Å². The first-order chi connectivity index (χ1) is 10.7. The Hall–Kier alpha value is -1.71. The van der Waals surface area contributed by atoms with Crippen molar-refractivity contribution in [1.82, 2.24) is 15.0 Å². The van der Waals surface area contributed by atoms with Crippen LogP contribution in [0.25, 0.3) is 11.0 Å². The van der Waals surface area contributed by atoms with Crippen LogP contribution >= 0.6 is 0 Å². The van der Waals surface area contributed by atoms with Crippen LogP contribution in [0.2, 0.25) is 0 Å². The van der Waals surface area contributed by atoms with E-state index in [4.69, 9.17) is 0 Å². The first-order valence-electron chi connectivity index (χ1n) is 8.53. The van der Waals surface area contributed by atoms with E-state index in [1.54, 1.807) is 4.68 Å². The molecule has 4 heteroatoms. The molecule has 1 aromatic carbocycles. The largest absolute Gasteiger partial charge is 0.297 e. The molecule has 4 saturated carbocycles. The molecule has 0 N–H and O–H groups in total. The fraction of sp³-hybridized carbons (Fsp3) is 0.611. The van der Waals surface area contributed by atoms with Crippen molar-refractivity contribution >= 4 is 16.8 Å². The van der Waals surface area contributed by atoms with Gasteiger partial charge in [0.25, 0.3) is 0 Å². The summed E-state index contributed by atoms with van der Waals surface area (Å²) in [6.45, 7) is 0.396. The van der Waals surface area contributed by atoms with Crippen molar-refractivity contribution in [1.29, 1.82) is 0 Å². The number of benzene rings is 1. The van der Waals surface area contributed by atoms with Gasteiger partial charge in [-0.3, -0.25) is 4.79 Å². The molecule has 1 aromatic heterocycles. The van der Waals surface area contributed by atoms with Crippen molar-refractivity contribution in [2.45, 2.75) is 45.1 Å². The van der Waals surface area contributed by atoms with E-state index in [2.05, 4.69) is 10.3 Å². The number of Topliss-reactive ketones (excluding diaryl/α,β-unsaturated/α-hetero) is 1. The summed E-state index contributed by atoms with van der Waals surface area (Å²) in [6.07, 6.45) is 7.51. The maximum absolute atomic E-state index is 13.1. The number of hydrogen-bond donors (Lipinski definition) is 0. The number of ketones is 1. The maximum atomic E-state index is 13.1. The van der Waals surface area contributed by atoms with Crippen molar-refractivity contribution in [3.8, 4) is 0 Å². The minimum absolute atomic E-state index is 0.0399. The minimum atomic E-state index is -0.0399. The van der Waals surface area contributed by atoms with Gasteiger partial charge in [-0.05, 0) is 68.4 Å². The number of hydrogen-bond acceptors (Lipinski definition) is 3. The highest BCUT2D eigenvalue weighted by Gasteiger charge is 2.54. The molecule has 22 heavy (non-hydrogen) atoms. The lowest BCUT2D eigenvalue weighted by atomic mass is 9.48. The van der Waals surface area contributed by atoms with E-state index in [1.165, 1.54) is 19.3 Å². The van der Waals surface area contributed by atoms with Crippen molar-refractivity contribution in [3.05, 3.63) is 24.3 Å². The van der Waals surface area contributed by atoms with Crippen LogP contribution in [0.15, 0.2) is 24.3 Å². The van der Waals surface area contributed by atoms with Gasteiger partial charge in [0.2, 0.25) is 0 Å². The number of carbonyl (C=O) groups excluding carboxylic acids is 1. The number of para-hydroxylation sites is 1. The lowest BCUT2D eigenvalue weighted by molar-refractivity contribution is -0.144. The average molecular weight is 295 g/mol. The Morgan fingerprint density at radius 2 is 1.73 bits per heavy atom. The normalized spacial score (nSPS) is 36.1. The standard InChI is InChI=1S/C18H21N3O/c22-17(11-21-16-4-2-1-3-15(16)19-20-21)18-8-12-5-13(9-18)7-14(6-12)10-18/h1-4,12-14H,5-11H2. The third-order valence-corrected chi connectivity index (χ3v) is 6.34. The number of carbonyl (C=O) groups is 1. The third kappa shape index (κ3) is 1.79. The lowest BCUT2D eigenvalue weighted by Gasteiger charge is -2.55. The van der Waals surface area contributed by atoms with E-state index >= 15 is 0 Å². The van der Waals surface area contributed by atoms with Crippen molar-refractivity contribution < 1.29 is 4.79 Å². The van der Waals surface area contributed by atoms with Gasteiger partial charge in [0.1, 0.15) is 12.1 Å². The van der Waals surface area contributed by atoms with E-state index in [-0.39, 0.29) is 5.41 Å². The van der Waals surface area contributed by atoms with Crippen LogP contribution in [0.4, 0.5) is 0 Å². The summed E-state index contributed by atoms with van der Waals surface area (Å²) in [4.78, 5) is 13.1. The van der Waals surface area contributed by atoms with Gasteiger partial charge in [0, 0.05) is 5.41 Å². The molecule has 4 fully saturated rings. The molecule has 4 nitrogen and oxygen atoms in total. The molecule has 0 atom stereocenters. The second kappa shape index (κ2) is 4.40. The minimum Gasteiger partial charge on any atom is -0.297 e. The van der Waals surface area contributed by atoms with Gasteiger partial charge in [-0.2, -0.15) is 0 Å². The average Bonchev–Trinajstić information content (AvgIpc) is 2.89. The monoisotopic (exact) mass is 295 g/mol. The van der Waals surface area contributed by atoms with Gasteiger partial charge < -0.3 is 0 Å². The molecule has 0 unspecified atom stereocenters. The summed E-state index contributed by atoms with van der Waals surface area (Å²) in [5.41, 5.74) is 1.81. The predicted octanol–water partition coefficient (Wildman–Crippen LogP) is 3.22. The molecular formula is C18H21N3O. The zero-order valence-corrected chi connectivity index (χ0v) is 12.7. The highest BCUT2D eigenvalue weighted by Crippen LogP contribution is 2.60. The molecule has 0 spiro atoms. The molecule has 0 amide bonds. The third-order valence-electron chi connectivity index (χ3n) is 6.34. The molecule has 0 radical (unpaired) electrons. The molecule has 114 valence electrons. The van der Waals surface area contributed by atoms with Gasteiger partial charge in [0.05, 0.1) is 5.52 Å². The summed E-state index contributed by atoms with van der Waals surface area (Å²) in [7, 11) is 0. The Bertz CT molecular complexity index is 712. The first kappa shape index (κ1) is 12.8. The van der Waals surface area contributed by atoms with Gasteiger partial charge >= 0.3 is 0 Å². The SMILES string of the molecule is O=C(Cn1nnc2ccccc21)C12CC3CC(CC(C3)C1)C2. The molecule has 6 rings (SSSR count). The van der Waals surface area contributed by atoms with Crippen molar-refractivity contribution in [2.24, 2.45) is 23.2 Å². The van der Waals surface area contributed by atoms with E-state index in [9.17, 15) is 4.79 Å². The van der Waals surface area contributed by atoms with Crippen LogP contribution in [0.5, 0.6) is 0 Å². The van der Waals surface area contributed by atoms with Crippen LogP contribution in [0, 0.1) is 23.2 Å². The second-order valence-electron chi connectivity index (χ2n) is 7.86. The molecular weight excluding hydrogens is 274 g/mol. The molecule has 2 aromatic rings. The Kier molecular flexibility index (Phi) is 2.56. The summed E-state index contributed by atoms with van der Waals surface area (Å²) in [6, 6.07) is 7.90. The molecule has 0 aliphatic heterocycles. The molecule has 4 aliphatic rings. The molecule has 4 bridgehead atoms. The Balaban J connectivity index is 1.45. The lowest BCUT2D eigenvalue weighted by Crippen LogP contribution is -2.50. The predicted molar refractivity (Wildman–Crippen MR) is 83.1 cm³/mol. The van der Waals surface area contributed by atoms with Gasteiger partial charge in [-0.1, -0.05) is 17.3 Å². The molecule has 4 aliphatic carbocycles. The highest BCUT2D eigenvalue weighted by atomic mass is 16.1. The first-order valence-corrected chi connectivity index (χ1v) is 8.53. The van der Waals surface area contributed by atoms with Crippen LogP contribution in [-0.2, 0) is 11.3 Å². The number of aromatic nitrogens is 3. The second-order valence-corrected chi connectivity index (χ2v) is 7.86. The number of rotatable bonds is 3. The Morgan fingerprint density at radius 1 is 1.09 bits per heavy atom. The zero-order valence-electron chi connectivity index (χ0n) is 12.7. The molecule has 0 saturated heterocycles. The number of nitrogens with zero attached hydrogens (tertiary/aromatic N) is 3. The quantitative estimate of drug-likeness (QED) is 0.873. The fourth-order valence-corrected chi connectivity index (χ4v) is 5.79. The highest BCUT2D eigenvalue weighted by molar-refractivity contribution is 5.86. The van der Waals surface area contributed by atoms with Gasteiger partial charge in [-0.25, -0.2) is 4.68 Å². The van der Waals surface area contributed by atoms with E-state index < -0.39 is 0 Å². The summed E-state index contributed by atoms with van der Waals surface area (Å²) in [5.74, 6) is 2.83. The maximum Gasteiger partial charge on any atom is 0.160 e. The molecule has 1 heterocycles. The smallest absolute Gasteiger partial charge is 0.160 e.